The lowest BCUT2D eigenvalue weighted by atomic mass is 10.2. The van der Waals surface area contributed by atoms with Crippen LogP contribution in [-0.4, -0.2) is 23.6 Å². The monoisotopic (exact) mass is 240 g/mol. The van der Waals surface area contributed by atoms with Gasteiger partial charge in [-0.05, 0) is 46.5 Å². The summed E-state index contributed by atoms with van der Waals surface area (Å²) in [6.07, 6.45) is 6.32. The van der Waals surface area contributed by atoms with Crippen molar-refractivity contribution in [2.24, 2.45) is 0 Å². The number of rotatable bonds is 3. The van der Waals surface area contributed by atoms with E-state index in [1.54, 1.807) is 20.8 Å². The van der Waals surface area contributed by atoms with Crippen LogP contribution in [0.5, 0.6) is 0 Å². The van der Waals surface area contributed by atoms with Crippen molar-refractivity contribution < 1.29 is 19.1 Å². The van der Waals surface area contributed by atoms with Crippen molar-refractivity contribution in [3.8, 4) is 0 Å². The molecule has 1 saturated carbocycles. The molecule has 0 radical (unpaired) electrons. The molecular weight excluding hydrogens is 220 g/mol. The van der Waals surface area contributed by atoms with Gasteiger partial charge in [-0.3, -0.25) is 0 Å². The first-order valence-electron chi connectivity index (χ1n) is 5.98. The van der Waals surface area contributed by atoms with Crippen molar-refractivity contribution in [2.75, 3.05) is 0 Å². The first kappa shape index (κ1) is 13.7. The summed E-state index contributed by atoms with van der Waals surface area (Å²) in [4.78, 5) is 22.6. The third-order valence-corrected chi connectivity index (χ3v) is 2.35. The van der Waals surface area contributed by atoms with Crippen molar-refractivity contribution in [1.29, 1.82) is 0 Å². The van der Waals surface area contributed by atoms with Crippen LogP contribution in [0.4, 0.5) is 0 Å². The van der Waals surface area contributed by atoms with E-state index >= 15 is 0 Å². The van der Waals surface area contributed by atoms with E-state index < -0.39 is 17.5 Å². The van der Waals surface area contributed by atoms with Crippen molar-refractivity contribution in [2.45, 2.75) is 58.2 Å². The molecule has 0 amide bonds. The van der Waals surface area contributed by atoms with Gasteiger partial charge in [-0.25, -0.2) is 9.59 Å². The Morgan fingerprint density at radius 2 is 1.59 bits per heavy atom. The smallest absolute Gasteiger partial charge is 0.331 e. The Kier molecular flexibility index (Phi) is 4.73. The predicted molar refractivity (Wildman–Crippen MR) is 63.3 cm³/mol. The second-order valence-electron chi connectivity index (χ2n) is 5.21. The summed E-state index contributed by atoms with van der Waals surface area (Å²) < 4.78 is 10.2. The Hall–Kier alpha value is -1.32. The Morgan fingerprint density at radius 1 is 1.06 bits per heavy atom. The van der Waals surface area contributed by atoms with Gasteiger partial charge in [0.2, 0.25) is 0 Å². The van der Waals surface area contributed by atoms with Gasteiger partial charge in [-0.1, -0.05) is 0 Å². The molecule has 1 aliphatic carbocycles. The lowest BCUT2D eigenvalue weighted by molar-refractivity contribution is -0.149. The molecule has 0 aromatic carbocycles. The number of hydrogen-bond acceptors (Lipinski definition) is 4. The molecule has 0 heterocycles. The number of carbonyl (C=O) groups is 2. The second-order valence-corrected chi connectivity index (χ2v) is 5.21. The maximum atomic E-state index is 11.4. The van der Waals surface area contributed by atoms with Crippen molar-refractivity contribution in [3.05, 3.63) is 12.2 Å². The molecule has 0 atom stereocenters. The van der Waals surface area contributed by atoms with Crippen LogP contribution in [-0.2, 0) is 19.1 Å². The Bertz CT molecular complexity index is 306. The molecule has 1 rings (SSSR count). The molecule has 1 aliphatic rings. The van der Waals surface area contributed by atoms with Crippen LogP contribution >= 0.6 is 0 Å². The van der Waals surface area contributed by atoms with E-state index in [9.17, 15) is 9.59 Å². The first-order valence-corrected chi connectivity index (χ1v) is 5.98. The number of ether oxygens (including phenoxy) is 2. The van der Waals surface area contributed by atoms with E-state index in [2.05, 4.69) is 0 Å². The van der Waals surface area contributed by atoms with Crippen molar-refractivity contribution >= 4 is 11.9 Å². The van der Waals surface area contributed by atoms with Crippen LogP contribution < -0.4 is 0 Å². The summed E-state index contributed by atoms with van der Waals surface area (Å²) in [5.74, 6) is -0.997. The highest BCUT2D eigenvalue weighted by Crippen LogP contribution is 2.21. The highest BCUT2D eigenvalue weighted by Gasteiger charge is 2.18. The fourth-order valence-electron chi connectivity index (χ4n) is 1.68. The lowest BCUT2D eigenvalue weighted by Gasteiger charge is -2.17. The second kappa shape index (κ2) is 5.84. The molecule has 0 saturated heterocycles. The summed E-state index contributed by atoms with van der Waals surface area (Å²) in [7, 11) is 0. The number of hydrogen-bond donors (Lipinski definition) is 0. The quantitative estimate of drug-likeness (QED) is 0.561. The van der Waals surface area contributed by atoms with Gasteiger partial charge in [0.25, 0.3) is 0 Å². The average molecular weight is 240 g/mol. The maximum Gasteiger partial charge on any atom is 0.331 e. The predicted octanol–water partition coefficient (Wildman–Crippen LogP) is 2.37. The van der Waals surface area contributed by atoms with Crippen LogP contribution in [0, 0.1) is 0 Å². The van der Waals surface area contributed by atoms with Gasteiger partial charge in [-0.2, -0.15) is 0 Å². The minimum Gasteiger partial charge on any atom is -0.459 e. The first-order chi connectivity index (χ1) is 7.87. The van der Waals surface area contributed by atoms with Gasteiger partial charge >= 0.3 is 11.9 Å². The standard InChI is InChI=1S/C13H20O4/c1-13(2,3)17-12(15)9-8-11(14)16-10-6-4-5-7-10/h8-10H,4-7H2,1-3H3/b9-8+. The van der Waals surface area contributed by atoms with Crippen LogP contribution in [0.1, 0.15) is 46.5 Å². The molecule has 4 heteroatoms. The van der Waals surface area contributed by atoms with Gasteiger partial charge in [0, 0.05) is 12.2 Å². The largest absolute Gasteiger partial charge is 0.459 e. The van der Waals surface area contributed by atoms with Gasteiger partial charge in [0.05, 0.1) is 0 Å². The SMILES string of the molecule is CC(C)(C)OC(=O)/C=C/C(=O)OC1CCCC1. The molecule has 96 valence electrons. The van der Waals surface area contributed by atoms with E-state index in [1.807, 2.05) is 0 Å². The Labute approximate surface area is 102 Å². The molecule has 0 N–H and O–H groups in total. The third-order valence-electron chi connectivity index (χ3n) is 2.35. The van der Waals surface area contributed by atoms with E-state index in [0.717, 1.165) is 37.8 Å². The van der Waals surface area contributed by atoms with Crippen LogP contribution in [0.25, 0.3) is 0 Å². The molecule has 1 fully saturated rings. The van der Waals surface area contributed by atoms with E-state index in [4.69, 9.17) is 9.47 Å². The normalized spacial score (nSPS) is 17.4. The molecule has 0 spiro atoms. The van der Waals surface area contributed by atoms with Crippen LogP contribution in [0.3, 0.4) is 0 Å². The molecule has 0 bridgehead atoms. The maximum absolute atomic E-state index is 11.4. The average Bonchev–Trinajstić information content (AvgIpc) is 2.64. The zero-order chi connectivity index (χ0) is 12.9. The van der Waals surface area contributed by atoms with Crippen LogP contribution in [0.15, 0.2) is 12.2 Å². The summed E-state index contributed by atoms with van der Waals surface area (Å²) in [6.45, 7) is 5.32. The van der Waals surface area contributed by atoms with Crippen molar-refractivity contribution in [3.63, 3.8) is 0 Å². The molecule has 0 aromatic rings. The highest BCUT2D eigenvalue weighted by atomic mass is 16.6. The van der Waals surface area contributed by atoms with Gasteiger partial charge < -0.3 is 9.47 Å². The van der Waals surface area contributed by atoms with Gasteiger partial charge in [-0.15, -0.1) is 0 Å². The number of esters is 2. The van der Waals surface area contributed by atoms with Gasteiger partial charge in [0.1, 0.15) is 11.7 Å². The topological polar surface area (TPSA) is 52.6 Å². The minimum atomic E-state index is -0.545. The van der Waals surface area contributed by atoms with E-state index in [0.29, 0.717) is 0 Å². The van der Waals surface area contributed by atoms with Crippen LogP contribution in [0.2, 0.25) is 0 Å². The van der Waals surface area contributed by atoms with E-state index in [1.165, 1.54) is 0 Å². The third kappa shape index (κ3) is 6.09. The summed E-state index contributed by atoms with van der Waals surface area (Å²) in [6, 6.07) is 0. The molecule has 0 aromatic heterocycles. The Balaban J connectivity index is 2.31. The minimum absolute atomic E-state index is 0.0192. The van der Waals surface area contributed by atoms with E-state index in [-0.39, 0.29) is 6.10 Å². The molecule has 4 nitrogen and oxygen atoms in total. The number of carbonyl (C=O) groups excluding carboxylic acids is 2. The Morgan fingerprint density at radius 3 is 2.12 bits per heavy atom. The van der Waals surface area contributed by atoms with Crippen molar-refractivity contribution in [1.82, 2.24) is 0 Å². The molecular formula is C13H20O4. The van der Waals surface area contributed by atoms with Gasteiger partial charge in [0.15, 0.2) is 0 Å². The summed E-state index contributed by atoms with van der Waals surface area (Å²) >= 11 is 0. The fraction of sp³-hybridized carbons (Fsp3) is 0.692. The fourth-order valence-corrected chi connectivity index (χ4v) is 1.68. The molecule has 0 unspecified atom stereocenters. The highest BCUT2D eigenvalue weighted by molar-refractivity contribution is 5.91. The molecule has 0 aliphatic heterocycles. The zero-order valence-corrected chi connectivity index (χ0v) is 10.7. The summed E-state index contributed by atoms with van der Waals surface area (Å²) in [5.41, 5.74) is -0.545. The molecule has 17 heavy (non-hydrogen) atoms. The lowest BCUT2D eigenvalue weighted by Crippen LogP contribution is -2.22. The zero-order valence-electron chi connectivity index (χ0n) is 10.7. The summed E-state index contributed by atoms with van der Waals surface area (Å²) in [5, 5.41) is 0.